The molecule has 0 saturated heterocycles. The van der Waals surface area contributed by atoms with Crippen molar-refractivity contribution in [3.8, 4) is 0 Å². The van der Waals surface area contributed by atoms with E-state index in [1.807, 2.05) is 0 Å². The van der Waals surface area contributed by atoms with Crippen LogP contribution in [0.5, 0.6) is 0 Å². The van der Waals surface area contributed by atoms with Crippen LogP contribution in [-0.4, -0.2) is 24.4 Å². The number of halogens is 4. The van der Waals surface area contributed by atoms with Gasteiger partial charge in [-0.15, -0.1) is 24.2 Å². The molecule has 0 radical (unpaired) electrons. The molecule has 0 heterocycles. The molecule has 0 fully saturated rings. The number of thioether (sulfide) groups is 1. The van der Waals surface area contributed by atoms with Crippen molar-refractivity contribution in [3.63, 3.8) is 0 Å². The van der Waals surface area contributed by atoms with E-state index < -0.39 is 11.9 Å². The lowest BCUT2D eigenvalue weighted by atomic mass is 10.2. The largest absolute Gasteiger partial charge is 0.398 e. The Morgan fingerprint density at radius 3 is 2.60 bits per heavy atom. The lowest BCUT2D eigenvalue weighted by Gasteiger charge is -2.12. The summed E-state index contributed by atoms with van der Waals surface area (Å²) >= 11 is 0.652. The minimum atomic E-state index is -4.24. The van der Waals surface area contributed by atoms with Crippen molar-refractivity contribution in [2.75, 3.05) is 17.6 Å². The summed E-state index contributed by atoms with van der Waals surface area (Å²) in [4.78, 5) is 11.9. The van der Waals surface area contributed by atoms with E-state index in [-0.39, 0.29) is 31.3 Å². The normalized spacial score (nSPS) is 10.8. The van der Waals surface area contributed by atoms with Crippen LogP contribution < -0.4 is 11.1 Å². The molecule has 3 N–H and O–H groups in total. The van der Waals surface area contributed by atoms with Crippen LogP contribution in [-0.2, 0) is 4.79 Å². The molecule has 0 aliphatic rings. The molecule has 0 saturated carbocycles. The molecule has 0 aromatic heterocycles. The predicted molar refractivity (Wildman–Crippen MR) is 77.5 cm³/mol. The molecule has 1 amide bonds. The molecule has 20 heavy (non-hydrogen) atoms. The Labute approximate surface area is 125 Å². The van der Waals surface area contributed by atoms with Gasteiger partial charge in [0.15, 0.2) is 0 Å². The molecule has 0 bridgehead atoms. The summed E-state index contributed by atoms with van der Waals surface area (Å²) in [6.45, 7) is 2.00. The van der Waals surface area contributed by atoms with E-state index >= 15 is 0 Å². The number of nitrogens with one attached hydrogen (secondary N) is 1. The summed E-state index contributed by atoms with van der Waals surface area (Å²) in [5, 5.41) is 2.58. The number of carbonyl (C=O) groups is 1. The number of amides is 1. The number of hydrogen-bond donors (Lipinski definition) is 2. The van der Waals surface area contributed by atoms with Gasteiger partial charge in [-0.2, -0.15) is 13.2 Å². The highest BCUT2D eigenvalue weighted by Gasteiger charge is 2.27. The van der Waals surface area contributed by atoms with Gasteiger partial charge in [-0.3, -0.25) is 4.79 Å². The first-order valence-electron chi connectivity index (χ1n) is 5.62. The number of nitrogens with two attached hydrogens (primary N) is 1. The lowest BCUT2D eigenvalue weighted by molar-refractivity contribution is -0.116. The van der Waals surface area contributed by atoms with Crippen molar-refractivity contribution in [2.24, 2.45) is 5.73 Å². The van der Waals surface area contributed by atoms with E-state index in [1.165, 1.54) is 0 Å². The molecular formula is C12H16ClF3N2OS. The van der Waals surface area contributed by atoms with Crippen molar-refractivity contribution in [1.82, 2.24) is 0 Å². The first-order chi connectivity index (χ1) is 8.81. The summed E-state index contributed by atoms with van der Waals surface area (Å²) < 4.78 is 36.6. The summed E-state index contributed by atoms with van der Waals surface area (Å²) in [7, 11) is 0. The molecule has 1 aromatic rings. The van der Waals surface area contributed by atoms with E-state index in [9.17, 15) is 18.0 Å². The second-order valence-electron chi connectivity index (χ2n) is 3.99. The Bertz CT molecular complexity index is 455. The Hall–Kier alpha value is -0.920. The third-order valence-electron chi connectivity index (χ3n) is 2.17. The van der Waals surface area contributed by atoms with Gasteiger partial charge < -0.3 is 11.1 Å². The maximum atomic E-state index is 12.2. The van der Waals surface area contributed by atoms with Crippen LogP contribution in [0.25, 0.3) is 0 Å². The summed E-state index contributed by atoms with van der Waals surface area (Å²) in [6, 6.07) is 4.92. The number of aryl methyl sites for hydroxylation is 1. The van der Waals surface area contributed by atoms with Gasteiger partial charge in [0, 0.05) is 17.9 Å². The third-order valence-corrected chi connectivity index (χ3v) is 3.31. The fourth-order valence-electron chi connectivity index (χ4n) is 1.37. The topological polar surface area (TPSA) is 55.1 Å². The van der Waals surface area contributed by atoms with E-state index in [0.29, 0.717) is 22.3 Å². The number of anilines is 1. The number of hydrogen-bond acceptors (Lipinski definition) is 3. The zero-order valence-electron chi connectivity index (χ0n) is 10.8. The van der Waals surface area contributed by atoms with E-state index in [4.69, 9.17) is 5.73 Å². The first kappa shape index (κ1) is 19.1. The molecule has 0 aliphatic heterocycles. The minimum Gasteiger partial charge on any atom is -0.330 e. The zero-order valence-corrected chi connectivity index (χ0v) is 12.4. The number of benzene rings is 1. The molecule has 1 rings (SSSR count). The minimum absolute atomic E-state index is 0. The summed E-state index contributed by atoms with van der Waals surface area (Å²) in [6.07, 6.45) is -4.11. The monoisotopic (exact) mass is 328 g/mol. The van der Waals surface area contributed by atoms with Crippen LogP contribution in [0.1, 0.15) is 12.0 Å². The van der Waals surface area contributed by atoms with Gasteiger partial charge in [-0.25, -0.2) is 0 Å². The van der Waals surface area contributed by atoms with Crippen molar-refractivity contribution in [3.05, 3.63) is 23.8 Å². The predicted octanol–water partition coefficient (Wildman–Crippen LogP) is 3.36. The average molecular weight is 329 g/mol. The molecule has 0 atom stereocenters. The van der Waals surface area contributed by atoms with Gasteiger partial charge in [0.2, 0.25) is 5.91 Å². The lowest BCUT2D eigenvalue weighted by Crippen LogP contribution is -2.17. The molecule has 0 spiro atoms. The standard InChI is InChI=1S/C12H15F3N2OS.ClH/c1-8-2-3-10(19-7-12(13,14)15)9(6-8)17-11(18)4-5-16;/h2-3,6H,4-5,7,16H2,1H3,(H,17,18);1H. The smallest absolute Gasteiger partial charge is 0.330 e. The first-order valence-corrected chi connectivity index (χ1v) is 6.60. The van der Waals surface area contributed by atoms with Gasteiger partial charge in [0.05, 0.1) is 11.4 Å². The highest BCUT2D eigenvalue weighted by molar-refractivity contribution is 7.99. The molecule has 114 valence electrons. The Morgan fingerprint density at radius 1 is 1.40 bits per heavy atom. The number of alkyl halides is 3. The van der Waals surface area contributed by atoms with Gasteiger partial charge in [0.1, 0.15) is 0 Å². The molecular weight excluding hydrogens is 313 g/mol. The summed E-state index contributed by atoms with van der Waals surface area (Å²) in [5.41, 5.74) is 6.51. The van der Waals surface area contributed by atoms with E-state index in [1.54, 1.807) is 25.1 Å². The van der Waals surface area contributed by atoms with Crippen LogP contribution in [0.2, 0.25) is 0 Å². The molecule has 1 aromatic carbocycles. The summed E-state index contributed by atoms with van der Waals surface area (Å²) in [5.74, 6) is -1.29. The fourth-order valence-corrected chi connectivity index (χ4v) is 2.12. The van der Waals surface area contributed by atoms with E-state index in [2.05, 4.69) is 5.32 Å². The second kappa shape index (κ2) is 8.39. The van der Waals surface area contributed by atoms with Crippen molar-refractivity contribution in [1.29, 1.82) is 0 Å². The molecule has 0 unspecified atom stereocenters. The highest BCUT2D eigenvalue weighted by atomic mass is 35.5. The SMILES string of the molecule is Cc1ccc(SCC(F)(F)F)c(NC(=O)CCN)c1.Cl. The van der Waals surface area contributed by atoms with Crippen LogP contribution in [0.3, 0.4) is 0 Å². The Balaban J connectivity index is 0.00000361. The Morgan fingerprint density at radius 2 is 2.05 bits per heavy atom. The maximum Gasteiger partial charge on any atom is 0.398 e. The average Bonchev–Trinajstić information content (AvgIpc) is 2.27. The maximum absolute atomic E-state index is 12.2. The van der Waals surface area contributed by atoms with Gasteiger partial charge >= 0.3 is 6.18 Å². The van der Waals surface area contributed by atoms with Crippen molar-refractivity contribution in [2.45, 2.75) is 24.4 Å². The van der Waals surface area contributed by atoms with Crippen LogP contribution in [0.15, 0.2) is 23.1 Å². The van der Waals surface area contributed by atoms with Gasteiger partial charge in [-0.1, -0.05) is 6.07 Å². The van der Waals surface area contributed by atoms with Crippen LogP contribution >= 0.6 is 24.2 Å². The quantitative estimate of drug-likeness (QED) is 0.815. The second-order valence-corrected chi connectivity index (χ2v) is 5.01. The Kier molecular flexibility index (Phi) is 8.00. The van der Waals surface area contributed by atoms with Crippen molar-refractivity contribution >= 4 is 35.8 Å². The number of carbonyl (C=O) groups excluding carboxylic acids is 1. The number of rotatable bonds is 5. The highest BCUT2D eigenvalue weighted by Crippen LogP contribution is 2.32. The van der Waals surface area contributed by atoms with Gasteiger partial charge in [-0.05, 0) is 24.6 Å². The van der Waals surface area contributed by atoms with Gasteiger partial charge in [0.25, 0.3) is 0 Å². The third kappa shape index (κ3) is 7.02. The fraction of sp³-hybridized carbons (Fsp3) is 0.417. The molecule has 8 heteroatoms. The van der Waals surface area contributed by atoms with Crippen LogP contribution in [0.4, 0.5) is 18.9 Å². The van der Waals surface area contributed by atoms with E-state index in [0.717, 1.165) is 5.56 Å². The molecule has 0 aliphatic carbocycles. The van der Waals surface area contributed by atoms with Crippen molar-refractivity contribution < 1.29 is 18.0 Å². The zero-order chi connectivity index (χ0) is 14.5. The molecule has 3 nitrogen and oxygen atoms in total. The van der Waals surface area contributed by atoms with Crippen LogP contribution in [0, 0.1) is 6.92 Å².